The second kappa shape index (κ2) is 6.36. The molecular formula is C16H20ClN3O2. The van der Waals surface area contributed by atoms with Gasteiger partial charge in [-0.05, 0) is 39.0 Å². The molecule has 1 saturated heterocycles. The third-order valence-corrected chi connectivity index (χ3v) is 4.10. The van der Waals surface area contributed by atoms with Crippen LogP contribution in [0, 0.1) is 0 Å². The molecule has 0 bridgehead atoms. The number of benzene rings is 1. The number of nitrogens with zero attached hydrogens (tertiary/aromatic N) is 3. The van der Waals surface area contributed by atoms with Crippen molar-refractivity contribution in [3.8, 4) is 11.5 Å². The van der Waals surface area contributed by atoms with E-state index in [9.17, 15) is 0 Å². The Labute approximate surface area is 135 Å². The minimum atomic E-state index is 0.0641. The van der Waals surface area contributed by atoms with Crippen molar-refractivity contribution in [2.75, 3.05) is 13.1 Å². The van der Waals surface area contributed by atoms with Crippen LogP contribution in [0.25, 0.3) is 11.5 Å². The molecule has 1 aliphatic rings. The molecule has 118 valence electrons. The molecule has 1 fully saturated rings. The van der Waals surface area contributed by atoms with E-state index >= 15 is 0 Å². The van der Waals surface area contributed by atoms with E-state index in [0.29, 0.717) is 16.8 Å². The summed E-state index contributed by atoms with van der Waals surface area (Å²) in [5.74, 6) is 1.12. The summed E-state index contributed by atoms with van der Waals surface area (Å²) >= 11 is 6.01. The van der Waals surface area contributed by atoms with Crippen molar-refractivity contribution in [1.82, 2.24) is 15.1 Å². The van der Waals surface area contributed by atoms with Crippen LogP contribution in [0.4, 0.5) is 0 Å². The smallest absolute Gasteiger partial charge is 0.247 e. The molecule has 22 heavy (non-hydrogen) atoms. The van der Waals surface area contributed by atoms with E-state index in [0.717, 1.165) is 18.7 Å². The molecule has 0 unspecified atom stereocenters. The Balaban J connectivity index is 1.78. The highest BCUT2D eigenvalue weighted by Crippen LogP contribution is 2.27. The number of ether oxygens (including phenoxy) is 1. The minimum absolute atomic E-state index is 0.0641. The van der Waals surface area contributed by atoms with E-state index in [1.54, 1.807) is 0 Å². The summed E-state index contributed by atoms with van der Waals surface area (Å²) in [6, 6.07) is 7.49. The average Bonchev–Trinajstić information content (AvgIpc) is 2.95. The fourth-order valence-electron chi connectivity index (χ4n) is 2.83. The molecule has 0 amide bonds. The van der Waals surface area contributed by atoms with Gasteiger partial charge in [-0.2, -0.15) is 0 Å². The van der Waals surface area contributed by atoms with Gasteiger partial charge in [-0.15, -0.1) is 10.2 Å². The first-order valence-corrected chi connectivity index (χ1v) is 7.89. The second-order valence-electron chi connectivity index (χ2n) is 5.84. The third-order valence-electron chi connectivity index (χ3n) is 3.87. The highest BCUT2D eigenvalue weighted by Gasteiger charge is 2.29. The quantitative estimate of drug-likeness (QED) is 0.865. The number of hydrogen-bond donors (Lipinski definition) is 0. The van der Waals surface area contributed by atoms with E-state index in [2.05, 4.69) is 35.9 Å². The summed E-state index contributed by atoms with van der Waals surface area (Å²) in [6.45, 7) is 7.97. The molecule has 2 aromatic rings. The first-order chi connectivity index (χ1) is 10.5. The van der Waals surface area contributed by atoms with E-state index in [1.807, 2.05) is 24.3 Å². The Morgan fingerprint density at radius 2 is 1.95 bits per heavy atom. The lowest BCUT2D eigenvalue weighted by atomic mass is 10.2. The predicted molar refractivity (Wildman–Crippen MR) is 84.7 cm³/mol. The summed E-state index contributed by atoms with van der Waals surface area (Å²) in [7, 11) is 0. The van der Waals surface area contributed by atoms with Gasteiger partial charge in [0.25, 0.3) is 0 Å². The van der Waals surface area contributed by atoms with Gasteiger partial charge in [0.2, 0.25) is 11.8 Å². The summed E-state index contributed by atoms with van der Waals surface area (Å²) < 4.78 is 11.6. The van der Waals surface area contributed by atoms with Crippen LogP contribution in [0.5, 0.6) is 0 Å². The molecule has 1 aromatic heterocycles. The van der Waals surface area contributed by atoms with Gasteiger partial charge in [0.15, 0.2) is 0 Å². The number of aromatic nitrogens is 2. The van der Waals surface area contributed by atoms with E-state index in [1.165, 1.54) is 0 Å². The van der Waals surface area contributed by atoms with Gasteiger partial charge in [-0.1, -0.05) is 17.7 Å². The van der Waals surface area contributed by atoms with Crippen molar-refractivity contribution in [2.24, 2.45) is 0 Å². The maximum atomic E-state index is 6.01. The van der Waals surface area contributed by atoms with Crippen molar-refractivity contribution in [2.45, 2.75) is 39.0 Å². The van der Waals surface area contributed by atoms with E-state index in [-0.39, 0.29) is 18.2 Å². The molecule has 3 rings (SSSR count). The predicted octanol–water partition coefficient (Wildman–Crippen LogP) is 3.56. The van der Waals surface area contributed by atoms with Gasteiger partial charge in [-0.25, -0.2) is 0 Å². The van der Waals surface area contributed by atoms with E-state index < -0.39 is 0 Å². The summed E-state index contributed by atoms with van der Waals surface area (Å²) in [4.78, 5) is 2.31. The number of hydrogen-bond acceptors (Lipinski definition) is 5. The van der Waals surface area contributed by atoms with Crippen LogP contribution in [-0.2, 0) is 4.74 Å². The van der Waals surface area contributed by atoms with Crippen molar-refractivity contribution < 1.29 is 9.15 Å². The molecule has 0 N–H and O–H groups in total. The molecule has 0 saturated carbocycles. The number of halogens is 1. The molecule has 2 heterocycles. The fraction of sp³-hybridized carbons (Fsp3) is 0.500. The number of rotatable bonds is 3. The molecule has 5 nitrogen and oxygen atoms in total. The maximum Gasteiger partial charge on any atom is 0.247 e. The van der Waals surface area contributed by atoms with Crippen molar-refractivity contribution in [1.29, 1.82) is 0 Å². The Morgan fingerprint density at radius 3 is 2.64 bits per heavy atom. The molecular weight excluding hydrogens is 302 g/mol. The van der Waals surface area contributed by atoms with Gasteiger partial charge in [-0.3, -0.25) is 4.90 Å². The zero-order valence-electron chi connectivity index (χ0n) is 13.0. The maximum absolute atomic E-state index is 6.01. The molecule has 1 aliphatic heterocycles. The van der Waals surface area contributed by atoms with Gasteiger partial charge < -0.3 is 9.15 Å². The van der Waals surface area contributed by atoms with Gasteiger partial charge in [0, 0.05) is 23.7 Å². The van der Waals surface area contributed by atoms with Crippen LogP contribution in [0.1, 0.15) is 32.7 Å². The highest BCUT2D eigenvalue weighted by atomic mass is 35.5. The Hall–Kier alpha value is -1.43. The van der Waals surface area contributed by atoms with Crippen LogP contribution in [0.2, 0.25) is 5.02 Å². The first kappa shape index (κ1) is 15.5. The summed E-state index contributed by atoms with van der Waals surface area (Å²) in [5.41, 5.74) is 0.835. The first-order valence-electron chi connectivity index (χ1n) is 7.52. The zero-order chi connectivity index (χ0) is 15.7. The zero-order valence-corrected chi connectivity index (χ0v) is 13.7. The van der Waals surface area contributed by atoms with Crippen LogP contribution in [0.3, 0.4) is 0 Å². The van der Waals surface area contributed by atoms with Crippen LogP contribution < -0.4 is 0 Å². The molecule has 0 radical (unpaired) electrons. The largest absolute Gasteiger partial charge is 0.419 e. The Morgan fingerprint density at radius 1 is 1.23 bits per heavy atom. The monoisotopic (exact) mass is 321 g/mol. The molecule has 6 heteroatoms. The van der Waals surface area contributed by atoms with Gasteiger partial charge in [0.05, 0.1) is 18.2 Å². The van der Waals surface area contributed by atoms with Gasteiger partial charge in [0.1, 0.15) is 0 Å². The van der Waals surface area contributed by atoms with E-state index in [4.69, 9.17) is 20.8 Å². The lowest BCUT2D eigenvalue weighted by Gasteiger charge is -2.37. The molecule has 3 atom stereocenters. The third kappa shape index (κ3) is 3.32. The Bertz CT molecular complexity index is 636. The SMILES string of the molecule is C[C@@H]1CN([C@H](C)c2nnc(-c3cccc(Cl)c3)o2)C[C@@H](C)O1. The van der Waals surface area contributed by atoms with Crippen LogP contribution in [0.15, 0.2) is 28.7 Å². The topological polar surface area (TPSA) is 51.4 Å². The summed E-state index contributed by atoms with van der Waals surface area (Å²) in [6.07, 6.45) is 0.419. The lowest BCUT2D eigenvalue weighted by molar-refractivity contribution is -0.0814. The molecule has 0 aliphatic carbocycles. The normalized spacial score (nSPS) is 24.4. The Kier molecular flexibility index (Phi) is 4.47. The second-order valence-corrected chi connectivity index (χ2v) is 6.28. The average molecular weight is 322 g/mol. The minimum Gasteiger partial charge on any atom is -0.419 e. The fourth-order valence-corrected chi connectivity index (χ4v) is 3.02. The summed E-state index contributed by atoms with van der Waals surface area (Å²) in [5, 5.41) is 9.01. The lowest BCUT2D eigenvalue weighted by Crippen LogP contribution is -2.46. The number of morpholine rings is 1. The van der Waals surface area contributed by atoms with Crippen molar-refractivity contribution >= 4 is 11.6 Å². The standard InChI is InChI=1S/C16H20ClN3O2/c1-10-8-20(9-11(2)21-10)12(3)15-18-19-16(22-15)13-5-4-6-14(17)7-13/h4-7,10-12H,8-9H2,1-3H3/t10-,11-,12-/m1/s1. The highest BCUT2D eigenvalue weighted by molar-refractivity contribution is 6.30. The van der Waals surface area contributed by atoms with Crippen LogP contribution in [-0.4, -0.2) is 40.4 Å². The van der Waals surface area contributed by atoms with Crippen molar-refractivity contribution in [3.63, 3.8) is 0 Å². The van der Waals surface area contributed by atoms with Crippen molar-refractivity contribution in [3.05, 3.63) is 35.2 Å². The molecule has 1 aromatic carbocycles. The van der Waals surface area contributed by atoms with Crippen LogP contribution >= 0.6 is 11.6 Å². The molecule has 0 spiro atoms. The van der Waals surface area contributed by atoms with Gasteiger partial charge >= 0.3 is 0 Å².